The summed E-state index contributed by atoms with van der Waals surface area (Å²) in [6.45, 7) is 3.60. The molecule has 0 aliphatic carbocycles. The zero-order valence-corrected chi connectivity index (χ0v) is 15.9. The van der Waals surface area contributed by atoms with Crippen molar-refractivity contribution in [2.24, 2.45) is 0 Å². The van der Waals surface area contributed by atoms with Gasteiger partial charge in [0.1, 0.15) is 6.04 Å². The maximum atomic E-state index is 12.4. The molecule has 0 aromatic rings. The molecular weight excluding hydrogens is 374 g/mol. The molecule has 0 saturated carbocycles. The fraction of sp³-hybridized carbons (Fsp3) is 0.846. The summed E-state index contributed by atoms with van der Waals surface area (Å²) in [4.78, 5) is 31.0. The van der Waals surface area contributed by atoms with E-state index in [1.807, 2.05) is 18.7 Å². The van der Waals surface area contributed by atoms with Gasteiger partial charge in [-0.05, 0) is 37.7 Å². The van der Waals surface area contributed by atoms with Gasteiger partial charge in [-0.2, -0.15) is 25.7 Å². The predicted molar refractivity (Wildman–Crippen MR) is 91.8 cm³/mol. The van der Waals surface area contributed by atoms with Crippen molar-refractivity contribution in [3.05, 3.63) is 0 Å². The highest BCUT2D eigenvalue weighted by atomic mass is 32.3. The van der Waals surface area contributed by atoms with E-state index in [4.69, 9.17) is 9.39 Å². The number of thioether (sulfide) groups is 1. The molecular formula is C13H25N3O7S2. The van der Waals surface area contributed by atoms with Gasteiger partial charge in [-0.25, -0.2) is 10.3 Å². The molecule has 3 N–H and O–H groups in total. The number of nitrogens with one attached hydrogen (secondary N) is 2. The highest BCUT2D eigenvalue weighted by molar-refractivity contribution is 7.99. The summed E-state index contributed by atoms with van der Waals surface area (Å²) in [7, 11) is -4.83. The maximum Gasteiger partial charge on any atom is 0.418 e. The van der Waals surface area contributed by atoms with Gasteiger partial charge in [-0.3, -0.25) is 14.2 Å². The molecule has 0 radical (unpaired) electrons. The number of hydrogen-bond donors (Lipinski definition) is 3. The van der Waals surface area contributed by atoms with Gasteiger partial charge in [0, 0.05) is 6.54 Å². The second kappa shape index (κ2) is 10.8. The first-order valence-corrected chi connectivity index (χ1v) is 10.6. The topological polar surface area (TPSA) is 134 Å². The van der Waals surface area contributed by atoms with Crippen molar-refractivity contribution < 1.29 is 31.7 Å². The molecule has 1 rings (SSSR count). The largest absolute Gasteiger partial charge is 0.418 e. The van der Waals surface area contributed by atoms with E-state index in [0.29, 0.717) is 12.8 Å². The van der Waals surface area contributed by atoms with Gasteiger partial charge in [-0.1, -0.05) is 13.3 Å². The van der Waals surface area contributed by atoms with Crippen LogP contribution in [0.15, 0.2) is 0 Å². The summed E-state index contributed by atoms with van der Waals surface area (Å²) in [5, 5.41) is 0. The quantitative estimate of drug-likeness (QED) is 0.384. The molecule has 1 aliphatic rings. The Kier molecular flexibility index (Phi) is 9.50. The Hall–Kier alpha value is -1.08. The molecule has 0 bridgehead atoms. The molecule has 25 heavy (non-hydrogen) atoms. The van der Waals surface area contributed by atoms with Crippen molar-refractivity contribution in [1.82, 2.24) is 15.9 Å². The Balaban J connectivity index is 2.65. The van der Waals surface area contributed by atoms with Gasteiger partial charge in [0.2, 0.25) is 0 Å². The molecule has 0 aromatic heterocycles. The average molecular weight is 399 g/mol. The number of carbonyl (C=O) groups excluding carboxylic acids is 2. The molecule has 1 atom stereocenters. The van der Waals surface area contributed by atoms with Crippen LogP contribution in [0, 0.1) is 0 Å². The van der Waals surface area contributed by atoms with E-state index in [1.165, 1.54) is 0 Å². The number of likely N-dealkylation sites (N-methyl/N-ethyl adjacent to an activating group) is 1. The molecule has 1 fully saturated rings. The molecule has 146 valence electrons. The van der Waals surface area contributed by atoms with Crippen LogP contribution >= 0.6 is 11.8 Å². The summed E-state index contributed by atoms with van der Waals surface area (Å²) in [6.07, 6.45) is 2.58. The summed E-state index contributed by atoms with van der Waals surface area (Å²) < 4.78 is 33.5. The van der Waals surface area contributed by atoms with Crippen molar-refractivity contribution in [2.45, 2.75) is 51.7 Å². The summed E-state index contributed by atoms with van der Waals surface area (Å²) in [5.74, 6) is 1.44. The van der Waals surface area contributed by atoms with Gasteiger partial charge >= 0.3 is 16.4 Å². The van der Waals surface area contributed by atoms with E-state index in [0.717, 1.165) is 29.2 Å². The number of amides is 3. The van der Waals surface area contributed by atoms with E-state index in [2.05, 4.69) is 9.76 Å². The zero-order valence-electron chi connectivity index (χ0n) is 14.3. The van der Waals surface area contributed by atoms with Gasteiger partial charge < -0.3 is 4.90 Å². The Morgan fingerprint density at radius 1 is 1.28 bits per heavy atom. The van der Waals surface area contributed by atoms with Crippen molar-refractivity contribution in [1.29, 1.82) is 0 Å². The van der Waals surface area contributed by atoms with Crippen molar-refractivity contribution in [3.63, 3.8) is 0 Å². The smallest absolute Gasteiger partial charge is 0.311 e. The normalized spacial score (nSPS) is 16.9. The van der Waals surface area contributed by atoms with Crippen LogP contribution < -0.4 is 11.0 Å². The Labute approximate surface area is 151 Å². The van der Waals surface area contributed by atoms with Crippen LogP contribution in [0.3, 0.4) is 0 Å². The third kappa shape index (κ3) is 8.23. The average Bonchev–Trinajstić information content (AvgIpc) is 2.58. The number of hydrogen-bond acceptors (Lipinski definition) is 7. The third-order valence-electron chi connectivity index (χ3n) is 3.57. The lowest BCUT2D eigenvalue weighted by atomic mass is 10.1. The van der Waals surface area contributed by atoms with Gasteiger partial charge in [0.15, 0.2) is 0 Å². The molecule has 0 spiro atoms. The number of rotatable bonds is 9. The van der Waals surface area contributed by atoms with Crippen molar-refractivity contribution >= 4 is 34.1 Å². The minimum atomic E-state index is -4.83. The molecule has 3 amide bonds. The lowest BCUT2D eigenvalue weighted by molar-refractivity contribution is -0.143. The first kappa shape index (κ1) is 22.0. The first-order valence-electron chi connectivity index (χ1n) is 8.04. The highest BCUT2D eigenvalue weighted by Crippen LogP contribution is 2.19. The lowest BCUT2D eigenvalue weighted by Gasteiger charge is -2.30. The summed E-state index contributed by atoms with van der Waals surface area (Å²) in [6, 6.07) is -1.82. The standard InChI is InChI=1S/C13H25N3O7S2/c1-3-5-11(12(17)14-22-10-6-8-24-9-7-10)16(4-2)13(18)15-23-25(19,20)21/h10-11H,3-9H2,1-2H3,(H,14,17)(H,15,18)(H,19,20,21)/t11-/m0/s1. The van der Waals surface area contributed by atoms with Crippen LogP contribution in [0.5, 0.6) is 0 Å². The first-order chi connectivity index (χ1) is 11.8. The van der Waals surface area contributed by atoms with E-state index in [-0.39, 0.29) is 12.6 Å². The lowest BCUT2D eigenvalue weighted by Crippen LogP contribution is -2.53. The highest BCUT2D eigenvalue weighted by Gasteiger charge is 2.30. The molecule has 1 heterocycles. The predicted octanol–water partition coefficient (Wildman–Crippen LogP) is 0.864. The number of carbonyl (C=O) groups is 2. The van der Waals surface area contributed by atoms with Crippen LogP contribution in [0.4, 0.5) is 4.79 Å². The van der Waals surface area contributed by atoms with Gasteiger partial charge in [-0.15, -0.1) is 4.28 Å². The Morgan fingerprint density at radius 3 is 2.44 bits per heavy atom. The Morgan fingerprint density at radius 2 is 1.92 bits per heavy atom. The zero-order chi connectivity index (χ0) is 18.9. The molecule has 1 aliphatic heterocycles. The minimum absolute atomic E-state index is 0.0563. The Bertz CT molecular complexity index is 538. The number of nitrogens with zero attached hydrogens (tertiary/aromatic N) is 1. The van der Waals surface area contributed by atoms with Gasteiger partial charge in [0.25, 0.3) is 5.91 Å². The van der Waals surface area contributed by atoms with Gasteiger partial charge in [0.05, 0.1) is 6.10 Å². The summed E-state index contributed by atoms with van der Waals surface area (Å²) >= 11 is 1.83. The monoisotopic (exact) mass is 399 g/mol. The van der Waals surface area contributed by atoms with E-state index in [9.17, 15) is 18.0 Å². The van der Waals surface area contributed by atoms with E-state index >= 15 is 0 Å². The van der Waals surface area contributed by atoms with Crippen molar-refractivity contribution in [2.75, 3.05) is 18.1 Å². The van der Waals surface area contributed by atoms with Crippen LogP contribution in [0.1, 0.15) is 39.5 Å². The second-order valence-electron chi connectivity index (χ2n) is 5.40. The molecule has 10 nitrogen and oxygen atoms in total. The number of urea groups is 1. The fourth-order valence-corrected chi connectivity index (χ4v) is 3.60. The van der Waals surface area contributed by atoms with E-state index < -0.39 is 28.4 Å². The summed E-state index contributed by atoms with van der Waals surface area (Å²) in [5.41, 5.74) is 4.00. The van der Waals surface area contributed by atoms with Crippen molar-refractivity contribution in [3.8, 4) is 0 Å². The minimum Gasteiger partial charge on any atom is -0.311 e. The maximum absolute atomic E-state index is 12.4. The molecule has 0 aromatic carbocycles. The fourth-order valence-electron chi connectivity index (χ4n) is 2.36. The SMILES string of the molecule is CCC[C@@H](C(=O)NOC1CCSCC1)N(CC)C(=O)NOS(=O)(=O)O. The van der Waals surface area contributed by atoms with Crippen LogP contribution in [-0.2, 0) is 24.3 Å². The van der Waals surface area contributed by atoms with E-state index in [1.54, 1.807) is 12.4 Å². The van der Waals surface area contributed by atoms with Crippen LogP contribution in [0.25, 0.3) is 0 Å². The second-order valence-corrected chi connectivity index (χ2v) is 7.65. The van der Waals surface area contributed by atoms with Crippen LogP contribution in [-0.4, -0.2) is 60.0 Å². The third-order valence-corrected chi connectivity index (χ3v) is 4.91. The molecule has 1 saturated heterocycles. The number of hydroxylamine groups is 2. The molecule has 12 heteroatoms. The van der Waals surface area contributed by atoms with Crippen LogP contribution in [0.2, 0.25) is 0 Å². The molecule has 0 unspecified atom stereocenters.